The van der Waals surface area contributed by atoms with Crippen LogP contribution >= 0.6 is 45.9 Å². The molecule has 0 bridgehead atoms. The second-order valence-electron chi connectivity index (χ2n) is 26.0. The first-order chi connectivity index (χ1) is 40.5. The van der Waals surface area contributed by atoms with Crippen molar-refractivity contribution in [1.82, 2.24) is 9.03 Å². The standard InChI is InChI=1S/C35H46ClNO6S2Si.C30H34ClNO6S2/c1-33(2,3)43-32(38)35(24-34(35,27-12-8-7-9-13-27)25-42-30-14-10-11-22-41-30)37(21-23-46(4,5)6)45(39,40)31-20-19-29(44-31)26-15-17-28(36)18-16-26;1-28(2,3)38-27(33)30(32-40(34,35)26-17-16-24(39-26)21-12-14-23(31)15-13-21)19-29(30,22-9-5-4-6-10-22)20-37-25-11-7-8-18-36-25/h7-9,12-13,15-20,30H,10-11,14,21-25H2,1-6H3;4-6,9-10,12-17,25,32H,7-8,11,18-20H2,1-3H3. The average molecular weight is 1310 g/mol. The number of nitrogens with one attached hydrogen (secondary N) is 1. The summed E-state index contributed by atoms with van der Waals surface area (Å²) in [5, 5.41) is 1.21. The van der Waals surface area contributed by atoms with Crippen LogP contribution in [0.3, 0.4) is 0 Å². The Balaban J connectivity index is 0.000000207. The first-order valence-corrected chi connectivity index (χ1v) is 38.4. The Bertz CT molecular complexity index is 3520. The second kappa shape index (κ2) is 26.3. The van der Waals surface area contributed by atoms with E-state index in [1.165, 1.54) is 15.6 Å². The van der Waals surface area contributed by atoms with Crippen LogP contribution in [-0.4, -0.2) is 109 Å². The maximum Gasteiger partial charge on any atom is 0.329 e. The predicted molar refractivity (Wildman–Crippen MR) is 344 cm³/mol. The predicted octanol–water partition coefficient (Wildman–Crippen LogP) is 14.7. The summed E-state index contributed by atoms with van der Waals surface area (Å²) in [6, 6.07) is 41.1. The molecule has 0 radical (unpaired) electrons. The molecule has 2 saturated heterocycles. The lowest BCUT2D eigenvalue weighted by Crippen LogP contribution is -2.55. The van der Waals surface area contributed by atoms with Crippen LogP contribution in [0.2, 0.25) is 35.7 Å². The molecule has 14 nitrogen and oxygen atoms in total. The molecule has 4 aromatic carbocycles. The van der Waals surface area contributed by atoms with Gasteiger partial charge in [0.15, 0.2) is 12.6 Å². The number of esters is 2. The largest absolute Gasteiger partial charge is 0.459 e. The highest BCUT2D eigenvalue weighted by Gasteiger charge is 2.79. The lowest BCUT2D eigenvalue weighted by atomic mass is 9.90. The van der Waals surface area contributed by atoms with Crippen molar-refractivity contribution in [3.05, 3.63) is 155 Å². The number of carbonyl (C=O) groups is 2. The number of thiophene rings is 2. The number of benzene rings is 4. The molecule has 2 aliphatic carbocycles. The highest BCUT2D eigenvalue weighted by atomic mass is 35.5. The normalized spacial score (nSPS) is 24.3. The van der Waals surface area contributed by atoms with Crippen molar-refractivity contribution in [3.8, 4) is 20.9 Å². The van der Waals surface area contributed by atoms with E-state index in [-0.39, 0.29) is 41.0 Å². The summed E-state index contributed by atoms with van der Waals surface area (Å²) >= 11 is 14.5. The number of carbonyl (C=O) groups excluding carboxylic acids is 2. The van der Waals surface area contributed by atoms with Crippen LogP contribution in [0.1, 0.15) is 104 Å². The van der Waals surface area contributed by atoms with Gasteiger partial charge in [-0.1, -0.05) is 128 Å². The van der Waals surface area contributed by atoms with Crippen LogP contribution in [0.25, 0.3) is 20.9 Å². The van der Waals surface area contributed by atoms with Crippen LogP contribution < -0.4 is 4.72 Å². The Labute approximate surface area is 527 Å². The smallest absolute Gasteiger partial charge is 0.329 e. The Kier molecular flexibility index (Phi) is 20.2. The zero-order chi connectivity index (χ0) is 62.0. The number of hydrogen-bond donors (Lipinski definition) is 1. The molecular weight excluding hydrogens is 1230 g/mol. The first kappa shape index (κ1) is 66.1. The summed E-state index contributed by atoms with van der Waals surface area (Å²) in [4.78, 5) is 30.1. The molecule has 4 heterocycles. The molecule has 4 aliphatic rings. The summed E-state index contributed by atoms with van der Waals surface area (Å²) in [5.74, 6) is -1.18. The minimum atomic E-state index is -4.18. The molecule has 464 valence electrons. The Hall–Kier alpha value is -4.32. The number of nitrogens with zero attached hydrogens (tertiary/aromatic N) is 1. The Morgan fingerprint density at radius 3 is 1.52 bits per heavy atom. The number of hydrogen-bond acceptors (Lipinski definition) is 14. The van der Waals surface area contributed by atoms with Gasteiger partial charge in [0, 0.05) is 47.6 Å². The van der Waals surface area contributed by atoms with E-state index in [0.717, 1.165) is 81.9 Å². The Morgan fingerprint density at radius 1 is 0.605 bits per heavy atom. The topological polar surface area (TPSA) is 173 Å². The minimum Gasteiger partial charge on any atom is -0.459 e. The van der Waals surface area contributed by atoms with Crippen molar-refractivity contribution in [2.75, 3.05) is 33.0 Å². The van der Waals surface area contributed by atoms with Gasteiger partial charge in [-0.25, -0.2) is 26.4 Å². The quantitative estimate of drug-likeness (QED) is 0.0534. The van der Waals surface area contributed by atoms with E-state index in [9.17, 15) is 26.4 Å². The van der Waals surface area contributed by atoms with Crippen molar-refractivity contribution in [1.29, 1.82) is 0 Å². The Morgan fingerprint density at radius 2 is 1.06 bits per heavy atom. The van der Waals surface area contributed by atoms with Crippen molar-refractivity contribution >= 4 is 85.9 Å². The zero-order valence-corrected chi connectivity index (χ0v) is 56.3. The third-order valence-electron chi connectivity index (χ3n) is 16.0. The summed E-state index contributed by atoms with van der Waals surface area (Å²) in [7, 11) is -10.1. The fourth-order valence-electron chi connectivity index (χ4n) is 11.3. The lowest BCUT2D eigenvalue weighted by Gasteiger charge is -2.37. The van der Waals surface area contributed by atoms with E-state index in [1.54, 1.807) is 63.2 Å². The van der Waals surface area contributed by atoms with Crippen LogP contribution in [0.15, 0.2) is 142 Å². The van der Waals surface area contributed by atoms with Gasteiger partial charge in [-0.2, -0.15) is 9.03 Å². The number of rotatable bonds is 21. The van der Waals surface area contributed by atoms with E-state index in [2.05, 4.69) is 24.4 Å². The second-order valence-corrected chi connectivity index (χ2v) is 38.6. The summed E-state index contributed by atoms with van der Waals surface area (Å²) < 4.78 is 98.6. The lowest BCUT2D eigenvalue weighted by molar-refractivity contribution is -0.174. The van der Waals surface area contributed by atoms with Crippen molar-refractivity contribution < 1.29 is 54.8 Å². The van der Waals surface area contributed by atoms with Crippen LogP contribution in [0.5, 0.6) is 0 Å². The fourth-order valence-corrected chi connectivity index (χ4v) is 18.6. The fraction of sp³-hybridized carbons (Fsp3) is 0.477. The van der Waals surface area contributed by atoms with Gasteiger partial charge in [-0.3, -0.25) is 0 Å². The van der Waals surface area contributed by atoms with E-state index >= 15 is 0 Å². The van der Waals surface area contributed by atoms with Gasteiger partial charge in [-0.05, 0) is 170 Å². The molecule has 10 rings (SSSR count). The molecule has 6 aromatic rings. The molecule has 1 N–H and O–H groups in total. The summed E-state index contributed by atoms with van der Waals surface area (Å²) in [5.41, 5.74) is -3.30. The highest BCUT2D eigenvalue weighted by molar-refractivity contribution is 7.92. The molecule has 4 fully saturated rings. The first-order valence-electron chi connectivity index (χ1n) is 29.3. The maximum absolute atomic E-state index is 15.0. The molecule has 0 spiro atoms. The number of ether oxygens (including phenoxy) is 6. The molecule has 2 aliphatic heterocycles. The van der Waals surface area contributed by atoms with Gasteiger partial charge in [0.2, 0.25) is 0 Å². The molecule has 6 atom stereocenters. The van der Waals surface area contributed by atoms with Crippen LogP contribution in [-0.2, 0) is 68.9 Å². The van der Waals surface area contributed by atoms with E-state index in [1.807, 2.05) is 112 Å². The van der Waals surface area contributed by atoms with Gasteiger partial charge in [0.1, 0.15) is 30.7 Å². The monoisotopic (exact) mass is 1310 g/mol. The molecule has 2 aromatic heterocycles. The van der Waals surface area contributed by atoms with E-state index in [4.69, 9.17) is 51.6 Å². The molecule has 21 heteroatoms. The molecule has 0 amide bonds. The van der Waals surface area contributed by atoms with Gasteiger partial charge in [0.25, 0.3) is 20.0 Å². The van der Waals surface area contributed by atoms with Gasteiger partial charge >= 0.3 is 11.9 Å². The number of halogens is 2. The summed E-state index contributed by atoms with van der Waals surface area (Å²) in [6.07, 6.45) is 5.07. The molecule has 86 heavy (non-hydrogen) atoms. The van der Waals surface area contributed by atoms with Gasteiger partial charge in [0.05, 0.1) is 24.0 Å². The van der Waals surface area contributed by atoms with E-state index in [0.29, 0.717) is 29.3 Å². The third kappa shape index (κ3) is 14.9. The van der Waals surface area contributed by atoms with Crippen LogP contribution in [0, 0.1) is 0 Å². The van der Waals surface area contributed by atoms with Crippen molar-refractivity contribution in [3.63, 3.8) is 0 Å². The van der Waals surface area contributed by atoms with Crippen molar-refractivity contribution in [2.45, 2.75) is 173 Å². The SMILES string of the molecule is CC(C)(C)OC(=O)C1(N(CC[Si](C)(C)C)S(=O)(=O)c2ccc(-c3ccc(Cl)cc3)s2)CC1(COC1CCCCO1)c1ccccc1.CC(C)(C)OC(=O)C1(NS(=O)(=O)c2ccc(-c3ccc(Cl)cc3)s2)CC1(COC1CCCCO1)c1ccccc1. The maximum atomic E-state index is 15.0. The van der Waals surface area contributed by atoms with Crippen molar-refractivity contribution in [2.24, 2.45) is 0 Å². The third-order valence-corrected chi connectivity index (χ3v) is 24.8. The van der Waals surface area contributed by atoms with E-state index < -0.39 is 85.7 Å². The van der Waals surface area contributed by atoms with Gasteiger partial charge < -0.3 is 28.4 Å². The van der Waals surface area contributed by atoms with Gasteiger partial charge in [-0.15, -0.1) is 22.7 Å². The molecule has 2 saturated carbocycles. The summed E-state index contributed by atoms with van der Waals surface area (Å²) in [6.45, 7) is 19.0. The minimum absolute atomic E-state index is 0.101. The average Bonchev–Trinajstić information content (AvgIpc) is 1.51. The molecule has 6 unspecified atom stereocenters. The number of sulfonamides is 2. The highest BCUT2D eigenvalue weighted by Crippen LogP contribution is 2.64. The molecular formula is C65H80Cl2N2O12S4Si. The zero-order valence-electron chi connectivity index (χ0n) is 50.5. The van der Waals surface area contributed by atoms with Crippen LogP contribution in [0.4, 0.5) is 0 Å².